The van der Waals surface area contributed by atoms with Gasteiger partial charge in [0.05, 0.1) is 17.9 Å². The number of carbonyl (C=O) groups is 3. The molecule has 0 spiro atoms. The van der Waals surface area contributed by atoms with Crippen LogP contribution in [0.2, 0.25) is 0 Å². The molecule has 3 aromatic rings. The molecule has 10 heteroatoms. The zero-order valence-corrected chi connectivity index (χ0v) is 22.8. The smallest absolute Gasteiger partial charge is 0.545 e. The summed E-state index contributed by atoms with van der Waals surface area (Å²) in [7, 11) is 0. The fraction of sp³-hybridized carbons (Fsp3) is 0.100. The van der Waals surface area contributed by atoms with Gasteiger partial charge >= 0.3 is 17.4 Å². The minimum absolute atomic E-state index is 0. The number of aromatic carboxylic acids is 3. The summed E-state index contributed by atoms with van der Waals surface area (Å²) < 4.78 is 15.3. The Morgan fingerprint density at radius 2 is 0.750 bits per heavy atom. The van der Waals surface area contributed by atoms with E-state index in [9.17, 15) is 29.7 Å². The van der Waals surface area contributed by atoms with Crippen molar-refractivity contribution in [1.82, 2.24) is 0 Å². The first-order chi connectivity index (χ1) is 18.8. The van der Waals surface area contributed by atoms with Crippen LogP contribution in [-0.4, -0.2) is 55.1 Å². The Morgan fingerprint density at radius 3 is 0.950 bits per heavy atom. The van der Waals surface area contributed by atoms with Crippen LogP contribution in [0, 0.1) is 0 Å². The molecule has 40 heavy (non-hydrogen) atoms. The topological polar surface area (TPSA) is 148 Å². The number of carboxylic acid groups (broad SMARTS) is 3. The Labute approximate surface area is 243 Å². The second kappa shape index (κ2) is 20.2. The summed E-state index contributed by atoms with van der Waals surface area (Å²) in [6.07, 6.45) is 4.64. The first kappa shape index (κ1) is 35.2. The van der Waals surface area contributed by atoms with Gasteiger partial charge in [0.1, 0.15) is 37.1 Å². The van der Waals surface area contributed by atoms with Crippen LogP contribution >= 0.6 is 0 Å². The number of para-hydroxylation sites is 3. The molecule has 0 saturated heterocycles. The molecule has 0 aliphatic rings. The largest absolute Gasteiger partial charge is 3.00 e. The standard InChI is InChI=1S/3C10H10O3.Al/c3*1-2-7-13-9-6-4-3-5-8(9)10(11)12;/h3*2-6H,1,7H2,(H,11,12);/q;;;+3/p-3. The molecule has 204 valence electrons. The van der Waals surface area contributed by atoms with E-state index in [2.05, 4.69) is 19.7 Å². The fourth-order valence-corrected chi connectivity index (χ4v) is 2.73. The van der Waals surface area contributed by atoms with Crippen molar-refractivity contribution in [3.63, 3.8) is 0 Å². The molecule has 0 heterocycles. The summed E-state index contributed by atoms with van der Waals surface area (Å²) in [5.74, 6) is -2.79. The van der Waals surface area contributed by atoms with Crippen molar-refractivity contribution in [1.29, 1.82) is 0 Å². The van der Waals surface area contributed by atoms with Crippen LogP contribution in [0.15, 0.2) is 111 Å². The minimum Gasteiger partial charge on any atom is -0.545 e. The van der Waals surface area contributed by atoms with Gasteiger partial charge in [-0.2, -0.15) is 0 Å². The molecule has 0 saturated carbocycles. The van der Waals surface area contributed by atoms with Gasteiger partial charge in [0, 0.05) is 16.7 Å². The number of rotatable bonds is 12. The van der Waals surface area contributed by atoms with Gasteiger partial charge in [-0.15, -0.1) is 0 Å². The average molecular weight is 559 g/mol. The van der Waals surface area contributed by atoms with E-state index in [4.69, 9.17) is 14.2 Å². The molecule has 0 aliphatic carbocycles. The van der Waals surface area contributed by atoms with Crippen molar-refractivity contribution >= 4 is 35.3 Å². The molecule has 0 N–H and O–H groups in total. The van der Waals surface area contributed by atoms with Gasteiger partial charge in [-0.25, -0.2) is 0 Å². The average Bonchev–Trinajstić information content (AvgIpc) is 2.94. The van der Waals surface area contributed by atoms with Gasteiger partial charge in [0.15, 0.2) is 0 Å². The van der Waals surface area contributed by atoms with Gasteiger partial charge in [-0.05, 0) is 36.4 Å². The molecule has 9 nitrogen and oxygen atoms in total. The van der Waals surface area contributed by atoms with Crippen molar-refractivity contribution in [2.24, 2.45) is 0 Å². The zero-order valence-electron chi connectivity index (χ0n) is 21.7. The van der Waals surface area contributed by atoms with Gasteiger partial charge in [0.2, 0.25) is 0 Å². The predicted molar refractivity (Wildman–Crippen MR) is 145 cm³/mol. The van der Waals surface area contributed by atoms with Gasteiger partial charge in [-0.1, -0.05) is 74.4 Å². The summed E-state index contributed by atoms with van der Waals surface area (Å²) in [4.78, 5) is 31.7. The first-order valence-electron chi connectivity index (χ1n) is 11.4. The third-order valence-electron chi connectivity index (χ3n) is 4.39. The molecule has 0 bridgehead atoms. The van der Waals surface area contributed by atoms with Crippen LogP contribution in [-0.2, 0) is 0 Å². The van der Waals surface area contributed by atoms with E-state index < -0.39 is 17.9 Å². The van der Waals surface area contributed by atoms with E-state index in [1.165, 1.54) is 18.2 Å². The monoisotopic (exact) mass is 558 g/mol. The third-order valence-corrected chi connectivity index (χ3v) is 4.39. The molecule has 0 atom stereocenters. The molecule has 0 fully saturated rings. The van der Waals surface area contributed by atoms with Crippen LogP contribution in [0.5, 0.6) is 17.2 Å². The van der Waals surface area contributed by atoms with E-state index in [1.54, 1.807) is 72.8 Å². The minimum atomic E-state index is -1.24. The Morgan fingerprint density at radius 1 is 0.525 bits per heavy atom. The molecule has 0 unspecified atom stereocenters. The summed E-state index contributed by atoms with van der Waals surface area (Å²) >= 11 is 0. The SMILES string of the molecule is C=CCOc1ccccc1C(=O)[O-].C=CCOc1ccccc1C(=O)[O-].C=CCOc1ccccc1C(=O)[O-].[Al+3]. The Bertz CT molecular complexity index is 1120. The molecule has 3 rings (SSSR count). The molecule has 0 aromatic heterocycles. The van der Waals surface area contributed by atoms with Gasteiger partial charge in [0.25, 0.3) is 0 Å². The van der Waals surface area contributed by atoms with E-state index in [-0.39, 0.29) is 53.9 Å². The number of ether oxygens (including phenoxy) is 3. The quantitative estimate of drug-likeness (QED) is 0.238. The van der Waals surface area contributed by atoms with Crippen molar-refractivity contribution in [2.45, 2.75) is 0 Å². The van der Waals surface area contributed by atoms with E-state index in [0.717, 1.165) is 0 Å². The zero-order chi connectivity index (χ0) is 29.0. The molecule has 0 radical (unpaired) electrons. The number of carboxylic acids is 3. The van der Waals surface area contributed by atoms with Crippen molar-refractivity contribution in [3.05, 3.63) is 127 Å². The number of carbonyl (C=O) groups excluding carboxylic acids is 3. The predicted octanol–water partition coefficient (Wildman–Crippen LogP) is 1.46. The fourth-order valence-electron chi connectivity index (χ4n) is 2.73. The number of benzene rings is 3. The maximum Gasteiger partial charge on any atom is 3.00 e. The Kier molecular flexibility index (Phi) is 17.8. The van der Waals surface area contributed by atoms with E-state index in [1.807, 2.05) is 0 Å². The van der Waals surface area contributed by atoms with Crippen LogP contribution in [0.3, 0.4) is 0 Å². The summed E-state index contributed by atoms with van der Waals surface area (Å²) in [5.41, 5.74) is 0.179. The van der Waals surface area contributed by atoms with Crippen LogP contribution in [0.25, 0.3) is 0 Å². The van der Waals surface area contributed by atoms with E-state index >= 15 is 0 Å². The van der Waals surface area contributed by atoms with Crippen molar-refractivity contribution < 1.29 is 43.9 Å². The molecule has 0 amide bonds. The number of hydrogen-bond acceptors (Lipinski definition) is 9. The normalized spacial score (nSPS) is 9.00. The van der Waals surface area contributed by atoms with Crippen molar-refractivity contribution in [3.8, 4) is 17.2 Å². The maximum absolute atomic E-state index is 10.6. The van der Waals surface area contributed by atoms with Gasteiger partial charge < -0.3 is 43.9 Å². The molecular formula is C30H27AlO9. The number of hydrogen-bond donors (Lipinski definition) is 0. The molecular weight excluding hydrogens is 531 g/mol. The summed E-state index contributed by atoms with van der Waals surface area (Å²) in [5, 5.41) is 31.7. The maximum atomic E-state index is 10.6. The Balaban J connectivity index is 0.000000563. The summed E-state index contributed by atoms with van der Waals surface area (Å²) in [6.45, 7) is 11.2. The van der Waals surface area contributed by atoms with E-state index in [0.29, 0.717) is 17.2 Å². The molecule has 3 aromatic carbocycles. The third kappa shape index (κ3) is 12.6. The Hall–Kier alpha value is -4.78. The second-order valence-electron chi connectivity index (χ2n) is 7.15. The van der Waals surface area contributed by atoms with Gasteiger partial charge in [-0.3, -0.25) is 0 Å². The van der Waals surface area contributed by atoms with Crippen LogP contribution < -0.4 is 29.5 Å². The first-order valence-corrected chi connectivity index (χ1v) is 11.4. The second-order valence-corrected chi connectivity index (χ2v) is 7.15. The van der Waals surface area contributed by atoms with Crippen LogP contribution in [0.4, 0.5) is 0 Å². The molecule has 0 aliphatic heterocycles. The van der Waals surface area contributed by atoms with Crippen molar-refractivity contribution in [2.75, 3.05) is 19.8 Å². The van der Waals surface area contributed by atoms with Crippen LogP contribution in [0.1, 0.15) is 31.1 Å². The summed E-state index contributed by atoms with van der Waals surface area (Å²) in [6, 6.07) is 19.0.